The first-order chi connectivity index (χ1) is 51.6. The fraction of sp³-hybridized carbons (Fsp3) is 0.250. The second-order valence-corrected chi connectivity index (χ2v) is 27.8. The number of ketones is 4. The first-order valence-electron chi connectivity index (χ1n) is 33.2. The van der Waals surface area contributed by atoms with Crippen molar-refractivity contribution in [1.29, 1.82) is 0 Å². The van der Waals surface area contributed by atoms with Crippen molar-refractivity contribution in [3.05, 3.63) is 282 Å². The van der Waals surface area contributed by atoms with Crippen LogP contribution in [-0.4, -0.2) is 105 Å². The van der Waals surface area contributed by atoms with Gasteiger partial charge >= 0.3 is 12.4 Å². The molecule has 110 heavy (non-hydrogen) atoms. The van der Waals surface area contributed by atoms with Gasteiger partial charge in [0.1, 0.15) is 34.0 Å². The van der Waals surface area contributed by atoms with Crippen molar-refractivity contribution in [1.82, 2.24) is 39.1 Å². The number of fused-ring (bicyclic) bond motifs is 4. The molecule has 12 rings (SSSR count). The van der Waals surface area contributed by atoms with Gasteiger partial charge in [-0.05, 0) is 124 Å². The summed E-state index contributed by atoms with van der Waals surface area (Å²) in [6.45, 7) is 36.7. The van der Waals surface area contributed by atoms with E-state index in [1.807, 2.05) is 50.2 Å². The predicted octanol–water partition coefficient (Wildman–Crippen LogP) is 16.8. The molecule has 4 N–H and O–H groups in total. The molecule has 0 saturated heterocycles. The number of carbonyl (C=O) groups is 4. The molecular formula is C80H66Cl2F8N12O8. The number of aryl methyl sites for hydroxylation is 2. The molecule has 0 aliphatic rings. The number of carbonyl (C=O) groups excluding carboxylic acids is 4. The fourth-order valence-corrected chi connectivity index (χ4v) is 12.0. The number of Topliss-reactive ketones (excluding diaryl/α,β-unsaturated/α-hetero) is 4. The summed E-state index contributed by atoms with van der Waals surface area (Å²) in [5, 5.41) is 62.9. The van der Waals surface area contributed by atoms with Gasteiger partial charge in [0.05, 0.1) is 98.1 Å². The Morgan fingerprint density at radius 1 is 0.409 bits per heavy atom. The number of nitrogens with zero attached hydrogens (tertiary/aromatic N) is 12. The summed E-state index contributed by atoms with van der Waals surface area (Å²) in [4.78, 5) is 62.6. The number of benzene rings is 8. The minimum atomic E-state index is -4.73. The van der Waals surface area contributed by atoms with Gasteiger partial charge < -0.3 is 20.4 Å². The van der Waals surface area contributed by atoms with Gasteiger partial charge in [-0.1, -0.05) is 119 Å². The predicted molar refractivity (Wildman–Crippen MR) is 397 cm³/mol. The molecule has 0 bridgehead atoms. The standard InChI is InChI=1S/C21H18F3N3O2.C20H18ClN3O2.C20H15F4N3O2.C19H15ClFN3O2/c1-13-4-7-18-15(8-13)11-26-27(18)12-20(2,29)19(28)10-14-5-6-17(25-3)16(9-14)21(22,23)24;1-13-4-7-18-15(8-13)11-23-24(18)12-20(2,26)19(25)10-14-5-6-17(22-3)16(21)9-14;1-19(29,11-27-10-13-9-14(21)4-6-16(13)26-27)18(28)8-12-3-5-17(25-2)15(7-12)20(22,23)24;1-19(26,11-24-10-13-9-14(21)4-6-16(13)23-24)18(25)8-12-3-5-17(22-2)15(20)7-12/h4-9,11,29H,10,12H2,1-2H3;4-9,11,26H,10,12H2,1-2H3;3-7,9-10,29H,8,11H2,1H3;3-7,9-10,26H,8,11H2,1H3/t2*20-;2*19-/m0000/s1. The molecule has 0 fully saturated rings. The van der Waals surface area contributed by atoms with Crippen molar-refractivity contribution >= 4 is 113 Å². The minimum Gasteiger partial charge on any atom is -0.380 e. The van der Waals surface area contributed by atoms with E-state index in [0.717, 1.165) is 57.2 Å². The van der Waals surface area contributed by atoms with E-state index in [2.05, 4.69) is 39.8 Å². The lowest BCUT2D eigenvalue weighted by Crippen LogP contribution is -2.41. The quantitative estimate of drug-likeness (QED) is 0.0412. The molecule has 4 atom stereocenters. The number of hydrogen-bond acceptors (Lipinski definition) is 12. The average molecular weight is 1550 g/mol. The Hall–Kier alpha value is -11.9. The van der Waals surface area contributed by atoms with Crippen LogP contribution in [0, 0.1) is 51.8 Å². The molecule has 0 amide bonds. The lowest BCUT2D eigenvalue weighted by atomic mass is 9.94. The van der Waals surface area contributed by atoms with Crippen molar-refractivity contribution in [3.8, 4) is 0 Å². The molecule has 0 saturated carbocycles. The molecule has 564 valence electrons. The number of rotatable bonds is 20. The number of halogens is 10. The molecule has 20 nitrogen and oxygen atoms in total. The molecule has 0 aliphatic heterocycles. The largest absolute Gasteiger partial charge is 0.407 e. The van der Waals surface area contributed by atoms with Crippen molar-refractivity contribution in [2.24, 2.45) is 0 Å². The highest BCUT2D eigenvalue weighted by atomic mass is 35.5. The molecule has 0 aliphatic carbocycles. The second kappa shape index (κ2) is 33.3. The van der Waals surface area contributed by atoms with E-state index in [1.54, 1.807) is 65.7 Å². The van der Waals surface area contributed by atoms with Crippen LogP contribution in [0.3, 0.4) is 0 Å². The molecule has 12 aromatic rings. The van der Waals surface area contributed by atoms with Crippen LogP contribution in [0.25, 0.3) is 63.0 Å². The molecule has 4 aromatic heterocycles. The molecule has 0 radical (unpaired) electrons. The minimum absolute atomic E-state index is 0.0274. The van der Waals surface area contributed by atoms with Gasteiger partial charge in [0.15, 0.2) is 34.5 Å². The third-order valence-corrected chi connectivity index (χ3v) is 18.2. The summed E-state index contributed by atoms with van der Waals surface area (Å²) in [7, 11) is 0. The van der Waals surface area contributed by atoms with Gasteiger partial charge in [0, 0.05) is 69.7 Å². The van der Waals surface area contributed by atoms with E-state index in [-0.39, 0.29) is 66.8 Å². The maximum Gasteiger partial charge on any atom is 0.407 e. The van der Waals surface area contributed by atoms with Crippen molar-refractivity contribution in [2.45, 2.75) is 128 Å². The lowest BCUT2D eigenvalue weighted by Gasteiger charge is -2.22. The fourth-order valence-electron chi connectivity index (χ4n) is 11.5. The van der Waals surface area contributed by atoms with E-state index in [9.17, 15) is 74.7 Å². The van der Waals surface area contributed by atoms with Gasteiger partial charge in [-0.15, -0.1) is 0 Å². The molecule has 0 unspecified atom stereocenters. The van der Waals surface area contributed by atoms with Crippen LogP contribution in [-0.2, 0) is 83.4 Å². The number of aromatic nitrogens is 8. The van der Waals surface area contributed by atoms with Crippen LogP contribution < -0.4 is 0 Å². The highest BCUT2D eigenvalue weighted by Crippen LogP contribution is 2.39. The lowest BCUT2D eigenvalue weighted by molar-refractivity contribution is -0.138. The summed E-state index contributed by atoms with van der Waals surface area (Å²) in [6.07, 6.45) is -3.87. The van der Waals surface area contributed by atoms with Gasteiger partial charge in [-0.2, -0.15) is 46.7 Å². The zero-order valence-electron chi connectivity index (χ0n) is 59.4. The van der Waals surface area contributed by atoms with E-state index in [1.165, 1.54) is 90.4 Å². The molecule has 8 aromatic carbocycles. The first kappa shape index (κ1) is 82.2. The average Bonchev–Trinajstić information content (AvgIpc) is 1.74. The topological polar surface area (TPSA) is 238 Å². The third-order valence-electron chi connectivity index (χ3n) is 17.6. The monoisotopic (exact) mass is 1540 g/mol. The highest BCUT2D eigenvalue weighted by Gasteiger charge is 2.38. The molecular weight excluding hydrogens is 1480 g/mol. The Balaban J connectivity index is 0.000000169. The van der Waals surface area contributed by atoms with Crippen molar-refractivity contribution < 1.29 is 74.7 Å². The molecule has 30 heteroatoms. The third kappa shape index (κ3) is 20.5. The number of aliphatic hydroxyl groups is 4. The normalized spacial score (nSPS) is 13.6. The summed E-state index contributed by atoms with van der Waals surface area (Å²) in [5.41, 5.74) is -3.43. The van der Waals surface area contributed by atoms with Gasteiger partial charge in [-0.3, -0.25) is 37.9 Å². The zero-order valence-corrected chi connectivity index (χ0v) is 60.9. The summed E-state index contributed by atoms with van der Waals surface area (Å²) in [5.74, 6) is -2.93. The van der Waals surface area contributed by atoms with Gasteiger partial charge in [0.25, 0.3) is 0 Å². The smallest absolute Gasteiger partial charge is 0.380 e. The van der Waals surface area contributed by atoms with Gasteiger partial charge in [0.2, 0.25) is 11.4 Å². The maximum atomic E-state index is 13.3. The number of hydrogen-bond donors (Lipinski definition) is 4. The van der Waals surface area contributed by atoms with Crippen molar-refractivity contribution in [3.63, 3.8) is 0 Å². The van der Waals surface area contributed by atoms with Crippen LogP contribution in [0.2, 0.25) is 10.0 Å². The summed E-state index contributed by atoms with van der Waals surface area (Å²) in [6, 6.07) is 35.4. The van der Waals surface area contributed by atoms with Gasteiger partial charge in [-0.25, -0.2) is 28.2 Å². The van der Waals surface area contributed by atoms with Crippen LogP contribution >= 0.6 is 23.2 Å². The number of alkyl halides is 6. The Morgan fingerprint density at radius 2 is 0.718 bits per heavy atom. The summed E-state index contributed by atoms with van der Waals surface area (Å²) < 4.78 is 111. The van der Waals surface area contributed by atoms with Crippen LogP contribution in [0.5, 0.6) is 0 Å². The van der Waals surface area contributed by atoms with Crippen LogP contribution in [0.15, 0.2) is 170 Å². The van der Waals surface area contributed by atoms with Crippen LogP contribution in [0.4, 0.5) is 57.9 Å². The van der Waals surface area contributed by atoms with E-state index in [0.29, 0.717) is 49.3 Å². The Labute approximate surface area is 633 Å². The second-order valence-electron chi connectivity index (χ2n) is 27.0. The van der Waals surface area contributed by atoms with E-state index < -0.39 is 93.3 Å². The van der Waals surface area contributed by atoms with Crippen molar-refractivity contribution in [2.75, 3.05) is 0 Å². The SMILES string of the molecule is [C-]#[N+]c1ccc(CC(=O)[C@@](C)(O)Cn2cc3cc(F)ccc3n2)cc1C(F)(F)F.[C-]#[N+]c1ccc(CC(=O)[C@@](C)(O)Cn2cc3cc(F)ccc3n2)cc1Cl.[C-]#[N+]c1ccc(CC(=O)[C@@](C)(O)Cn2ncc3cc(C)ccc32)cc1C(F)(F)F.[C-]#[N+]c1ccc(CC(=O)[C@@](C)(O)Cn2ncc3cc(C)ccc32)cc1Cl. The Morgan fingerprint density at radius 3 is 1.03 bits per heavy atom. The van der Waals surface area contributed by atoms with E-state index >= 15 is 0 Å². The first-order valence-corrected chi connectivity index (χ1v) is 33.9. The maximum absolute atomic E-state index is 13.3. The Kier molecular flexibility index (Phi) is 24.9. The Bertz CT molecular complexity index is 5700. The van der Waals surface area contributed by atoms with Crippen LogP contribution in [0.1, 0.15) is 72.2 Å². The highest BCUT2D eigenvalue weighted by molar-refractivity contribution is 6.33. The summed E-state index contributed by atoms with van der Waals surface area (Å²) >= 11 is 12.0. The van der Waals surface area contributed by atoms with E-state index in [4.69, 9.17) is 49.5 Å². The molecule has 0 spiro atoms. The molecule has 4 heterocycles. The zero-order chi connectivity index (χ0) is 80.6.